The molecule has 0 bridgehead atoms. The Morgan fingerprint density at radius 3 is 1.40 bits per heavy atom. The van der Waals surface area contributed by atoms with Crippen LogP contribution in [0, 0.1) is 6.92 Å². The number of nitrogens with zero attached hydrogens (tertiary/aromatic N) is 1. The topological polar surface area (TPSA) is 3.24 Å². The summed E-state index contributed by atoms with van der Waals surface area (Å²) in [4.78, 5) is 2.63. The van der Waals surface area contributed by atoms with E-state index in [4.69, 9.17) is 0 Å². The molecule has 0 aliphatic heterocycles. The van der Waals surface area contributed by atoms with Crippen molar-refractivity contribution in [2.24, 2.45) is 0 Å². The molecule has 4 aliphatic rings. The lowest BCUT2D eigenvalue weighted by Crippen LogP contribution is -2.20. The first-order valence-electron chi connectivity index (χ1n) is 21.2. The van der Waals surface area contributed by atoms with Gasteiger partial charge in [-0.2, -0.15) is 0 Å². The molecule has 4 aliphatic carbocycles. The first kappa shape index (κ1) is 34.6. The summed E-state index contributed by atoms with van der Waals surface area (Å²) in [6, 6.07) is 51.8. The molecule has 0 unspecified atom stereocenters. The van der Waals surface area contributed by atoms with Gasteiger partial charge in [0.05, 0.1) is 5.69 Å². The van der Waals surface area contributed by atoms with E-state index in [2.05, 4.69) is 187 Å². The zero-order valence-corrected chi connectivity index (χ0v) is 34.5. The van der Waals surface area contributed by atoms with E-state index < -0.39 is 0 Å². The number of hydrogen-bond acceptors (Lipinski definition) is 1. The van der Waals surface area contributed by atoms with E-state index in [1.165, 1.54) is 119 Å². The van der Waals surface area contributed by atoms with Crippen molar-refractivity contribution in [3.8, 4) is 44.5 Å². The van der Waals surface area contributed by atoms with E-state index in [0.717, 1.165) is 12.8 Å². The molecule has 1 heteroatoms. The molecule has 0 N–H and O–H groups in total. The molecular formula is C56H51N. The fourth-order valence-electron chi connectivity index (χ4n) is 11.5. The Hall–Kier alpha value is -5.66. The Morgan fingerprint density at radius 2 is 0.860 bits per heavy atom. The van der Waals surface area contributed by atoms with Crippen molar-refractivity contribution in [3.63, 3.8) is 0 Å². The zero-order chi connectivity index (χ0) is 39.0. The third-order valence-electron chi connectivity index (χ3n) is 14.6. The van der Waals surface area contributed by atoms with Gasteiger partial charge in [0, 0.05) is 33.2 Å². The van der Waals surface area contributed by atoms with Crippen molar-refractivity contribution in [2.75, 3.05) is 4.90 Å². The second-order valence-electron chi connectivity index (χ2n) is 18.8. The van der Waals surface area contributed by atoms with Gasteiger partial charge in [-0.15, -0.1) is 0 Å². The smallest absolute Gasteiger partial charge is 0.0543 e. The van der Waals surface area contributed by atoms with E-state index in [1.54, 1.807) is 5.56 Å². The summed E-state index contributed by atoms with van der Waals surface area (Å²) >= 11 is 0. The molecule has 0 heterocycles. The summed E-state index contributed by atoms with van der Waals surface area (Å²) < 4.78 is 0. The Bertz CT molecular complexity index is 2740. The number of aryl methyl sites for hydroxylation is 2. The van der Waals surface area contributed by atoms with Crippen molar-refractivity contribution >= 4 is 17.1 Å². The zero-order valence-electron chi connectivity index (χ0n) is 34.5. The second-order valence-corrected chi connectivity index (χ2v) is 18.8. The second kappa shape index (κ2) is 11.9. The molecule has 0 aromatic heterocycles. The SMILES string of the molecule is Cc1ccc2c(c1-c1cc3c(cc1N(c1ccc4c(c1)C(C)(C)c1ccccc1-4)c1ccc4c(c1)C(C)(C)c1ccccc1-4)C(C)(C)c1ccccc1-3)CCCC2. The predicted molar refractivity (Wildman–Crippen MR) is 241 cm³/mol. The van der Waals surface area contributed by atoms with Gasteiger partial charge < -0.3 is 4.90 Å². The lowest BCUT2D eigenvalue weighted by atomic mass is 9.79. The van der Waals surface area contributed by atoms with Crippen LogP contribution in [0.2, 0.25) is 0 Å². The van der Waals surface area contributed by atoms with Crippen molar-refractivity contribution in [1.82, 2.24) is 0 Å². The third kappa shape index (κ3) is 4.75. The monoisotopic (exact) mass is 737 g/mol. The van der Waals surface area contributed by atoms with Gasteiger partial charge in [-0.1, -0.05) is 139 Å². The molecule has 11 rings (SSSR count). The Balaban J connectivity index is 1.23. The standard InChI is InChI=1S/C56H51N/c1-34-24-25-35-16-8-9-17-38(35)53(34)45-32-44-41-20-12-15-23-48(41)56(6,7)51(44)33-52(45)57(36-26-28-42-39-18-10-13-21-46(39)54(2,3)49(42)30-36)37-27-29-43-40-19-11-14-22-47(40)55(4,5)50(43)31-37/h10-15,18-33H,8-9,16-17H2,1-7H3. The summed E-state index contributed by atoms with van der Waals surface area (Å²) in [6.07, 6.45) is 4.79. The molecule has 0 amide bonds. The van der Waals surface area contributed by atoms with Gasteiger partial charge in [0.1, 0.15) is 0 Å². The maximum atomic E-state index is 2.63. The van der Waals surface area contributed by atoms with Gasteiger partial charge in [0.2, 0.25) is 0 Å². The van der Waals surface area contributed by atoms with Crippen LogP contribution in [0.15, 0.2) is 133 Å². The highest BCUT2D eigenvalue weighted by molar-refractivity contribution is 5.98. The fraction of sp³-hybridized carbons (Fsp3) is 0.250. The minimum absolute atomic E-state index is 0.116. The molecule has 280 valence electrons. The molecule has 0 spiro atoms. The maximum Gasteiger partial charge on any atom is 0.0543 e. The molecule has 0 fully saturated rings. The van der Waals surface area contributed by atoms with Crippen LogP contribution >= 0.6 is 0 Å². The molecule has 0 atom stereocenters. The van der Waals surface area contributed by atoms with Crippen LogP contribution in [0.5, 0.6) is 0 Å². The summed E-state index contributed by atoms with van der Waals surface area (Å²) in [5, 5.41) is 0. The molecule has 57 heavy (non-hydrogen) atoms. The van der Waals surface area contributed by atoms with E-state index in [0.29, 0.717) is 0 Å². The van der Waals surface area contributed by atoms with Crippen LogP contribution in [0.3, 0.4) is 0 Å². The molecule has 0 saturated heterocycles. The highest BCUT2D eigenvalue weighted by atomic mass is 15.1. The molecule has 0 saturated carbocycles. The number of fused-ring (bicyclic) bond motifs is 10. The highest BCUT2D eigenvalue weighted by Gasteiger charge is 2.40. The van der Waals surface area contributed by atoms with Gasteiger partial charge in [0.25, 0.3) is 0 Å². The van der Waals surface area contributed by atoms with Crippen LogP contribution < -0.4 is 4.90 Å². The maximum absolute atomic E-state index is 2.63. The van der Waals surface area contributed by atoms with Crippen LogP contribution in [-0.2, 0) is 29.1 Å². The van der Waals surface area contributed by atoms with E-state index in [1.807, 2.05) is 0 Å². The Kier molecular flexibility index (Phi) is 7.24. The number of benzene rings is 7. The number of rotatable bonds is 4. The van der Waals surface area contributed by atoms with E-state index >= 15 is 0 Å². The summed E-state index contributed by atoms with van der Waals surface area (Å²) in [6.45, 7) is 16.8. The van der Waals surface area contributed by atoms with Gasteiger partial charge in [0.15, 0.2) is 0 Å². The quantitative estimate of drug-likeness (QED) is 0.174. The van der Waals surface area contributed by atoms with Gasteiger partial charge in [-0.3, -0.25) is 0 Å². The summed E-state index contributed by atoms with van der Waals surface area (Å²) in [5.74, 6) is 0. The third-order valence-corrected chi connectivity index (χ3v) is 14.6. The Morgan fingerprint density at radius 1 is 0.404 bits per heavy atom. The first-order chi connectivity index (χ1) is 27.5. The number of anilines is 3. The van der Waals surface area contributed by atoms with Crippen LogP contribution in [0.1, 0.15) is 104 Å². The van der Waals surface area contributed by atoms with Crippen molar-refractivity contribution in [3.05, 3.63) is 184 Å². The first-order valence-corrected chi connectivity index (χ1v) is 21.2. The molecule has 0 radical (unpaired) electrons. The molecule has 1 nitrogen and oxygen atoms in total. The van der Waals surface area contributed by atoms with E-state index in [-0.39, 0.29) is 16.2 Å². The van der Waals surface area contributed by atoms with Crippen LogP contribution in [0.25, 0.3) is 44.5 Å². The van der Waals surface area contributed by atoms with Gasteiger partial charge >= 0.3 is 0 Å². The normalized spacial score (nSPS) is 16.8. The van der Waals surface area contributed by atoms with Gasteiger partial charge in [-0.25, -0.2) is 0 Å². The Labute approximate surface area is 339 Å². The van der Waals surface area contributed by atoms with Crippen molar-refractivity contribution < 1.29 is 0 Å². The van der Waals surface area contributed by atoms with Gasteiger partial charge in [-0.05, 0) is 158 Å². The average Bonchev–Trinajstić information content (AvgIpc) is 3.70. The highest BCUT2D eigenvalue weighted by Crippen LogP contribution is 2.57. The molecular weight excluding hydrogens is 687 g/mol. The van der Waals surface area contributed by atoms with E-state index in [9.17, 15) is 0 Å². The largest absolute Gasteiger partial charge is 0.310 e. The van der Waals surface area contributed by atoms with Crippen molar-refractivity contribution in [2.45, 2.75) is 90.4 Å². The van der Waals surface area contributed by atoms with Crippen LogP contribution in [-0.4, -0.2) is 0 Å². The fourth-order valence-corrected chi connectivity index (χ4v) is 11.5. The average molecular weight is 738 g/mol. The van der Waals surface area contributed by atoms with Crippen LogP contribution in [0.4, 0.5) is 17.1 Å². The minimum Gasteiger partial charge on any atom is -0.310 e. The summed E-state index contributed by atoms with van der Waals surface area (Å²) in [7, 11) is 0. The lowest BCUT2D eigenvalue weighted by Gasteiger charge is -2.33. The summed E-state index contributed by atoms with van der Waals surface area (Å²) in [5.41, 5.74) is 27.1. The molecule has 7 aromatic rings. The predicted octanol–water partition coefficient (Wildman–Crippen LogP) is 14.9. The van der Waals surface area contributed by atoms with Crippen molar-refractivity contribution in [1.29, 1.82) is 0 Å². The molecule has 7 aromatic carbocycles. The number of hydrogen-bond donors (Lipinski definition) is 0. The minimum atomic E-state index is -0.140. The lowest BCUT2D eigenvalue weighted by molar-refractivity contribution is 0.659.